The Labute approximate surface area is 124 Å². The molecule has 1 aliphatic rings. The van der Waals surface area contributed by atoms with Crippen LogP contribution in [0.15, 0.2) is 47.1 Å². The number of carbonyl (C=O) groups excluding carboxylic acids is 1. The van der Waals surface area contributed by atoms with E-state index in [1.54, 1.807) is 6.26 Å². The van der Waals surface area contributed by atoms with Gasteiger partial charge in [0.05, 0.1) is 6.26 Å². The second kappa shape index (κ2) is 6.04. The normalized spacial score (nSPS) is 17.9. The highest BCUT2D eigenvalue weighted by Crippen LogP contribution is 2.25. The topological polar surface area (TPSA) is 54.3 Å². The van der Waals surface area contributed by atoms with Gasteiger partial charge in [-0.3, -0.25) is 4.79 Å². The van der Waals surface area contributed by atoms with Gasteiger partial charge in [-0.2, -0.15) is 0 Å². The van der Waals surface area contributed by atoms with Crippen LogP contribution in [-0.2, 0) is 17.6 Å². The van der Waals surface area contributed by atoms with E-state index < -0.39 is 0 Å². The Hall–Kier alpha value is -2.23. The summed E-state index contributed by atoms with van der Waals surface area (Å²) < 4.78 is 5.31. The first-order chi connectivity index (χ1) is 10.2. The molecule has 1 aliphatic heterocycles. The third kappa shape index (κ3) is 3.27. The molecule has 4 nitrogen and oxygen atoms in total. The molecule has 4 heteroatoms. The number of para-hydroxylation sites is 1. The van der Waals surface area contributed by atoms with Crippen LogP contribution in [-0.4, -0.2) is 18.0 Å². The predicted octanol–water partition coefficient (Wildman–Crippen LogP) is 2.75. The molecule has 0 saturated heterocycles. The van der Waals surface area contributed by atoms with E-state index in [9.17, 15) is 4.79 Å². The number of benzene rings is 1. The maximum Gasteiger partial charge on any atom is 0.243 e. The van der Waals surface area contributed by atoms with E-state index in [1.165, 1.54) is 5.56 Å². The number of furan rings is 1. The minimum absolute atomic E-state index is 0.0677. The zero-order chi connectivity index (χ0) is 14.7. The Bertz CT molecular complexity index is 582. The van der Waals surface area contributed by atoms with Crippen LogP contribution in [0.2, 0.25) is 0 Å². The van der Waals surface area contributed by atoms with Crippen molar-refractivity contribution < 1.29 is 9.21 Å². The Morgan fingerprint density at radius 1 is 1.38 bits per heavy atom. The Balaban J connectivity index is 1.48. The third-order valence-electron chi connectivity index (χ3n) is 3.88. The molecule has 1 amide bonds. The van der Waals surface area contributed by atoms with Crippen LogP contribution in [0, 0.1) is 0 Å². The second-order valence-corrected chi connectivity index (χ2v) is 5.59. The largest absolute Gasteiger partial charge is 0.469 e. The summed E-state index contributed by atoms with van der Waals surface area (Å²) in [6.45, 7) is 2.03. The van der Waals surface area contributed by atoms with Crippen molar-refractivity contribution in [2.75, 3.05) is 5.32 Å². The lowest BCUT2D eigenvalue weighted by atomic mass is 10.1. The molecule has 0 aliphatic carbocycles. The fraction of sp³-hybridized carbons (Fsp3) is 0.353. The summed E-state index contributed by atoms with van der Waals surface area (Å²) in [5.41, 5.74) is 2.28. The third-order valence-corrected chi connectivity index (χ3v) is 3.88. The van der Waals surface area contributed by atoms with Crippen LogP contribution in [0.4, 0.5) is 5.69 Å². The van der Waals surface area contributed by atoms with Crippen molar-refractivity contribution in [1.82, 2.24) is 5.32 Å². The van der Waals surface area contributed by atoms with Crippen molar-refractivity contribution in [3.05, 3.63) is 54.0 Å². The van der Waals surface area contributed by atoms with Crippen molar-refractivity contribution in [2.24, 2.45) is 0 Å². The quantitative estimate of drug-likeness (QED) is 0.887. The Morgan fingerprint density at radius 2 is 2.24 bits per heavy atom. The van der Waals surface area contributed by atoms with Crippen LogP contribution in [0.3, 0.4) is 0 Å². The first-order valence-electron chi connectivity index (χ1n) is 7.39. The zero-order valence-corrected chi connectivity index (χ0v) is 12.1. The van der Waals surface area contributed by atoms with Gasteiger partial charge in [-0.15, -0.1) is 0 Å². The smallest absolute Gasteiger partial charge is 0.243 e. The fourth-order valence-corrected chi connectivity index (χ4v) is 2.69. The lowest BCUT2D eigenvalue weighted by molar-refractivity contribution is -0.122. The van der Waals surface area contributed by atoms with Crippen molar-refractivity contribution in [1.29, 1.82) is 0 Å². The summed E-state index contributed by atoms with van der Waals surface area (Å²) in [4.78, 5) is 12.3. The van der Waals surface area contributed by atoms with Crippen molar-refractivity contribution in [2.45, 2.75) is 38.3 Å². The number of hydrogen-bond donors (Lipinski definition) is 2. The second-order valence-electron chi connectivity index (χ2n) is 5.59. The molecule has 2 aromatic rings. The van der Waals surface area contributed by atoms with Crippen molar-refractivity contribution in [3.8, 4) is 0 Å². The van der Waals surface area contributed by atoms with Crippen molar-refractivity contribution in [3.63, 3.8) is 0 Å². The summed E-state index contributed by atoms with van der Waals surface area (Å²) in [6.07, 6.45) is 4.15. The number of amides is 1. The molecule has 0 saturated carbocycles. The van der Waals surface area contributed by atoms with Crippen LogP contribution >= 0.6 is 0 Å². The van der Waals surface area contributed by atoms with E-state index in [4.69, 9.17) is 4.42 Å². The van der Waals surface area contributed by atoms with E-state index in [0.29, 0.717) is 0 Å². The van der Waals surface area contributed by atoms with Crippen LogP contribution in [0.5, 0.6) is 0 Å². The SMILES string of the molecule is CC(CCc1ccco1)NC(=O)[C@@H]1Cc2ccccc2N1. The number of rotatable bonds is 5. The van der Waals surface area contributed by atoms with Gasteiger partial charge in [-0.05, 0) is 37.1 Å². The summed E-state index contributed by atoms with van der Waals surface area (Å²) in [5.74, 6) is 1.03. The molecule has 1 aromatic carbocycles. The summed E-state index contributed by atoms with van der Waals surface area (Å²) in [6, 6.07) is 11.9. The highest BCUT2D eigenvalue weighted by atomic mass is 16.3. The fourth-order valence-electron chi connectivity index (χ4n) is 2.69. The molecule has 3 rings (SSSR count). The molecule has 0 radical (unpaired) electrons. The van der Waals surface area contributed by atoms with Crippen LogP contribution in [0.1, 0.15) is 24.7 Å². The number of nitrogens with one attached hydrogen (secondary N) is 2. The molecule has 2 N–H and O–H groups in total. The number of hydrogen-bond acceptors (Lipinski definition) is 3. The van der Waals surface area contributed by atoms with Gasteiger partial charge < -0.3 is 15.1 Å². The van der Waals surface area contributed by atoms with E-state index in [2.05, 4.69) is 16.7 Å². The number of carbonyl (C=O) groups is 1. The molecule has 0 bridgehead atoms. The molecule has 21 heavy (non-hydrogen) atoms. The molecule has 0 spiro atoms. The predicted molar refractivity (Wildman–Crippen MR) is 82.2 cm³/mol. The van der Waals surface area contributed by atoms with E-state index >= 15 is 0 Å². The van der Waals surface area contributed by atoms with Crippen LogP contribution < -0.4 is 10.6 Å². The van der Waals surface area contributed by atoms with Gasteiger partial charge in [-0.25, -0.2) is 0 Å². The van der Waals surface area contributed by atoms with Gasteiger partial charge in [0.1, 0.15) is 11.8 Å². The van der Waals surface area contributed by atoms with Gasteiger partial charge in [0.25, 0.3) is 0 Å². The molecule has 2 heterocycles. The van der Waals surface area contributed by atoms with Gasteiger partial charge in [0, 0.05) is 24.6 Å². The van der Waals surface area contributed by atoms with Gasteiger partial charge >= 0.3 is 0 Å². The average Bonchev–Trinajstić information content (AvgIpc) is 3.14. The van der Waals surface area contributed by atoms with E-state index in [1.807, 2.05) is 37.3 Å². The molecular formula is C17H20N2O2. The molecule has 110 valence electrons. The van der Waals surface area contributed by atoms with E-state index in [0.717, 1.165) is 30.7 Å². The number of anilines is 1. The standard InChI is InChI=1S/C17H20N2O2/c1-12(8-9-14-6-4-10-21-14)18-17(20)16-11-13-5-2-3-7-15(13)19-16/h2-7,10,12,16,19H,8-9,11H2,1H3,(H,18,20)/t12?,16-/m0/s1. The van der Waals surface area contributed by atoms with Gasteiger partial charge in [-0.1, -0.05) is 18.2 Å². The van der Waals surface area contributed by atoms with Crippen molar-refractivity contribution >= 4 is 11.6 Å². The lowest BCUT2D eigenvalue weighted by Crippen LogP contribution is -2.43. The summed E-state index contributed by atoms with van der Waals surface area (Å²) >= 11 is 0. The molecular weight excluding hydrogens is 264 g/mol. The minimum atomic E-state index is -0.159. The first-order valence-corrected chi connectivity index (χ1v) is 7.39. The molecule has 1 aromatic heterocycles. The minimum Gasteiger partial charge on any atom is -0.469 e. The van der Waals surface area contributed by atoms with Gasteiger partial charge in [0.15, 0.2) is 0 Å². The maximum absolute atomic E-state index is 12.3. The maximum atomic E-state index is 12.3. The van der Waals surface area contributed by atoms with Crippen LogP contribution in [0.25, 0.3) is 0 Å². The Kier molecular flexibility index (Phi) is 3.95. The summed E-state index contributed by atoms with van der Waals surface area (Å²) in [5, 5.41) is 6.35. The molecule has 2 atom stereocenters. The highest BCUT2D eigenvalue weighted by molar-refractivity contribution is 5.87. The molecule has 0 fully saturated rings. The monoisotopic (exact) mass is 284 g/mol. The van der Waals surface area contributed by atoms with E-state index in [-0.39, 0.29) is 18.0 Å². The lowest BCUT2D eigenvalue weighted by Gasteiger charge is -2.17. The van der Waals surface area contributed by atoms with Gasteiger partial charge in [0.2, 0.25) is 5.91 Å². The first kappa shape index (κ1) is 13.7. The highest BCUT2D eigenvalue weighted by Gasteiger charge is 2.26. The average molecular weight is 284 g/mol. The molecule has 1 unspecified atom stereocenters. The number of fused-ring (bicyclic) bond motifs is 1. The summed E-state index contributed by atoms with van der Waals surface area (Å²) in [7, 11) is 0. The zero-order valence-electron chi connectivity index (χ0n) is 12.1. The Morgan fingerprint density at radius 3 is 3.00 bits per heavy atom. The number of aryl methyl sites for hydroxylation is 1.